The van der Waals surface area contributed by atoms with Gasteiger partial charge < -0.3 is 30.9 Å². The summed E-state index contributed by atoms with van der Waals surface area (Å²) in [5.41, 5.74) is 0.911. The van der Waals surface area contributed by atoms with E-state index in [0.29, 0.717) is 0 Å². The lowest BCUT2D eigenvalue weighted by Crippen LogP contribution is -2.40. The van der Waals surface area contributed by atoms with Crippen molar-refractivity contribution in [3.05, 3.63) is 22.7 Å². The predicted molar refractivity (Wildman–Crippen MR) is 59.8 cm³/mol. The lowest BCUT2D eigenvalue weighted by molar-refractivity contribution is -0.123. The Morgan fingerprint density at radius 3 is 2.74 bits per heavy atom. The standard InChI is InChI=1S/C10H13N3O6/c11-4-1-2-13(8(17)12-4)6-5(15)10(18)7(16)9(10,3-14)19-6/h1-2,5-7,14-16,18H,3H2,(H2,11,12,17)/t5-,6+,7?,9-,10+/m0/s1. The van der Waals surface area contributed by atoms with Crippen LogP contribution in [-0.4, -0.2) is 60.0 Å². The van der Waals surface area contributed by atoms with Crippen LogP contribution in [0.15, 0.2) is 17.1 Å². The minimum atomic E-state index is -1.99. The molecule has 9 heteroatoms. The number of rotatable bonds is 2. The van der Waals surface area contributed by atoms with Crippen molar-refractivity contribution >= 4 is 5.82 Å². The number of nitrogens with two attached hydrogens (primary N) is 1. The van der Waals surface area contributed by atoms with Gasteiger partial charge in [-0.2, -0.15) is 4.98 Å². The van der Waals surface area contributed by atoms with Gasteiger partial charge in [-0.05, 0) is 6.07 Å². The fourth-order valence-corrected chi connectivity index (χ4v) is 2.64. The SMILES string of the molecule is Nc1ccn([C@@H]2O[C@@]3(CO)C(O)[C@]3(O)[C@H]2O)c(=O)n1. The van der Waals surface area contributed by atoms with Gasteiger partial charge >= 0.3 is 5.69 Å². The third-order valence-electron chi connectivity index (χ3n) is 3.87. The molecule has 6 N–H and O–H groups in total. The number of fused-ring (bicyclic) bond motifs is 1. The molecular weight excluding hydrogens is 258 g/mol. The largest absolute Gasteiger partial charge is 0.393 e. The maximum atomic E-state index is 11.6. The minimum absolute atomic E-state index is 0.00881. The topological polar surface area (TPSA) is 151 Å². The van der Waals surface area contributed by atoms with Crippen LogP contribution < -0.4 is 11.4 Å². The molecule has 0 radical (unpaired) electrons. The molecule has 1 aromatic heterocycles. The smallest absolute Gasteiger partial charge is 0.351 e. The molecule has 0 spiro atoms. The van der Waals surface area contributed by atoms with Crippen molar-refractivity contribution in [2.45, 2.75) is 29.6 Å². The Morgan fingerprint density at radius 2 is 2.21 bits per heavy atom. The van der Waals surface area contributed by atoms with Crippen LogP contribution in [0.1, 0.15) is 6.23 Å². The molecule has 2 fully saturated rings. The predicted octanol–water partition coefficient (Wildman–Crippen LogP) is -3.45. The van der Waals surface area contributed by atoms with E-state index in [9.17, 15) is 25.2 Å². The summed E-state index contributed by atoms with van der Waals surface area (Å²) in [6.07, 6.45) is -2.97. The Morgan fingerprint density at radius 1 is 1.53 bits per heavy atom. The first-order valence-electron chi connectivity index (χ1n) is 5.60. The van der Waals surface area contributed by atoms with Gasteiger partial charge in [0.15, 0.2) is 17.4 Å². The molecule has 9 nitrogen and oxygen atoms in total. The molecule has 2 aliphatic rings. The van der Waals surface area contributed by atoms with Gasteiger partial charge in [-0.1, -0.05) is 0 Å². The molecule has 0 bridgehead atoms. The van der Waals surface area contributed by atoms with Crippen molar-refractivity contribution in [2.24, 2.45) is 0 Å². The Hall–Kier alpha value is -1.52. The number of aliphatic hydroxyl groups is 4. The van der Waals surface area contributed by atoms with E-state index in [4.69, 9.17) is 10.5 Å². The first kappa shape index (κ1) is 12.5. The Labute approximate surface area is 106 Å². The van der Waals surface area contributed by atoms with E-state index < -0.39 is 41.9 Å². The van der Waals surface area contributed by atoms with Gasteiger partial charge in [-0.25, -0.2) is 4.79 Å². The Balaban J connectivity index is 2.00. The maximum Gasteiger partial charge on any atom is 0.351 e. The molecule has 3 rings (SSSR count). The maximum absolute atomic E-state index is 11.6. The number of ether oxygens (including phenoxy) is 1. The number of hydrogen-bond acceptors (Lipinski definition) is 8. The summed E-state index contributed by atoms with van der Waals surface area (Å²) in [6.45, 7) is -0.685. The van der Waals surface area contributed by atoms with E-state index in [1.165, 1.54) is 12.3 Å². The number of aliphatic hydroxyl groups excluding tert-OH is 3. The van der Waals surface area contributed by atoms with Crippen molar-refractivity contribution in [1.29, 1.82) is 0 Å². The molecule has 104 valence electrons. The number of anilines is 1. The summed E-state index contributed by atoms with van der Waals surface area (Å²) in [7, 11) is 0. The first-order valence-corrected chi connectivity index (χ1v) is 5.60. The van der Waals surface area contributed by atoms with Crippen LogP contribution in [0, 0.1) is 0 Å². The highest BCUT2D eigenvalue weighted by Gasteiger charge is 2.87. The number of nitrogens with zero attached hydrogens (tertiary/aromatic N) is 2. The third-order valence-corrected chi connectivity index (χ3v) is 3.87. The second-order valence-electron chi connectivity index (χ2n) is 4.77. The number of aromatic nitrogens is 2. The molecular formula is C10H13N3O6. The fraction of sp³-hybridized carbons (Fsp3) is 0.600. The van der Waals surface area contributed by atoms with Gasteiger partial charge in [0.05, 0.1) is 6.61 Å². The molecule has 1 saturated carbocycles. The van der Waals surface area contributed by atoms with Gasteiger partial charge in [-0.15, -0.1) is 0 Å². The lowest BCUT2D eigenvalue weighted by atomic mass is 10.1. The molecule has 0 amide bonds. The summed E-state index contributed by atoms with van der Waals surface area (Å²) in [5, 5.41) is 38.9. The summed E-state index contributed by atoms with van der Waals surface area (Å²) in [6, 6.07) is 1.33. The lowest BCUT2D eigenvalue weighted by Gasteiger charge is -2.23. The molecule has 5 atom stereocenters. The highest BCUT2D eigenvalue weighted by atomic mass is 16.6. The van der Waals surface area contributed by atoms with Crippen molar-refractivity contribution in [2.75, 3.05) is 12.3 Å². The van der Waals surface area contributed by atoms with Crippen molar-refractivity contribution in [3.63, 3.8) is 0 Å². The summed E-state index contributed by atoms with van der Waals surface area (Å²) in [4.78, 5) is 15.1. The zero-order valence-electron chi connectivity index (χ0n) is 9.67. The Bertz CT molecular complexity index is 587. The average molecular weight is 271 g/mol. The van der Waals surface area contributed by atoms with Crippen LogP contribution in [0.2, 0.25) is 0 Å². The van der Waals surface area contributed by atoms with E-state index in [1.807, 2.05) is 0 Å². The summed E-state index contributed by atoms with van der Waals surface area (Å²) < 4.78 is 6.23. The van der Waals surface area contributed by atoms with Crippen molar-refractivity contribution < 1.29 is 25.2 Å². The molecule has 1 unspecified atom stereocenters. The zero-order valence-corrected chi connectivity index (χ0v) is 9.67. The van der Waals surface area contributed by atoms with Gasteiger partial charge in [0, 0.05) is 6.20 Å². The first-order chi connectivity index (χ1) is 8.88. The van der Waals surface area contributed by atoms with Crippen molar-refractivity contribution in [1.82, 2.24) is 9.55 Å². The fourth-order valence-electron chi connectivity index (χ4n) is 2.64. The molecule has 1 aliphatic heterocycles. The molecule has 2 heterocycles. The summed E-state index contributed by atoms with van der Waals surface area (Å²) >= 11 is 0. The minimum Gasteiger partial charge on any atom is -0.393 e. The van der Waals surface area contributed by atoms with E-state index in [2.05, 4.69) is 4.98 Å². The normalized spacial score (nSPS) is 44.1. The van der Waals surface area contributed by atoms with Crippen molar-refractivity contribution in [3.8, 4) is 0 Å². The van der Waals surface area contributed by atoms with E-state index in [1.54, 1.807) is 0 Å². The van der Waals surface area contributed by atoms with Crippen LogP contribution in [0.4, 0.5) is 5.82 Å². The van der Waals surface area contributed by atoms with E-state index in [-0.39, 0.29) is 5.82 Å². The van der Waals surface area contributed by atoms with Crippen LogP contribution in [-0.2, 0) is 4.74 Å². The second kappa shape index (κ2) is 3.52. The van der Waals surface area contributed by atoms with Crippen LogP contribution >= 0.6 is 0 Å². The number of hydrogen-bond donors (Lipinski definition) is 5. The quantitative estimate of drug-likeness (QED) is 0.372. The molecule has 1 saturated heterocycles. The van der Waals surface area contributed by atoms with E-state index >= 15 is 0 Å². The number of nitrogen functional groups attached to an aromatic ring is 1. The molecule has 1 aliphatic carbocycles. The van der Waals surface area contributed by atoms with Crippen LogP contribution in [0.5, 0.6) is 0 Å². The van der Waals surface area contributed by atoms with Crippen LogP contribution in [0.3, 0.4) is 0 Å². The summed E-state index contributed by atoms with van der Waals surface area (Å²) in [5.74, 6) is 0.00881. The van der Waals surface area contributed by atoms with E-state index in [0.717, 1.165) is 4.57 Å². The van der Waals surface area contributed by atoms with Gasteiger partial charge in [0.25, 0.3) is 0 Å². The third kappa shape index (κ3) is 1.25. The van der Waals surface area contributed by atoms with Gasteiger partial charge in [0.1, 0.15) is 18.0 Å². The molecule has 1 aromatic rings. The highest BCUT2D eigenvalue weighted by Crippen LogP contribution is 2.61. The zero-order chi connectivity index (χ0) is 14.0. The van der Waals surface area contributed by atoms with Gasteiger partial charge in [0.2, 0.25) is 0 Å². The Kier molecular flexibility index (Phi) is 2.32. The monoisotopic (exact) mass is 271 g/mol. The molecule has 19 heavy (non-hydrogen) atoms. The molecule has 0 aromatic carbocycles. The average Bonchev–Trinajstić information content (AvgIpc) is 2.73. The van der Waals surface area contributed by atoms with Gasteiger partial charge in [-0.3, -0.25) is 4.57 Å². The van der Waals surface area contributed by atoms with Crippen LogP contribution in [0.25, 0.3) is 0 Å². The second-order valence-corrected chi connectivity index (χ2v) is 4.77. The highest BCUT2D eigenvalue weighted by molar-refractivity contribution is 5.35.